The molecule has 1 N–H and O–H groups in total. The van der Waals surface area contributed by atoms with Crippen molar-refractivity contribution >= 4 is 33.2 Å². The molecule has 0 aliphatic carbocycles. The predicted octanol–water partition coefficient (Wildman–Crippen LogP) is 5.20. The van der Waals surface area contributed by atoms with Crippen molar-refractivity contribution in [2.24, 2.45) is 0 Å². The maximum absolute atomic E-state index is 12.6. The number of sulfonamides is 1. The van der Waals surface area contributed by atoms with Gasteiger partial charge in [0.05, 0.1) is 25.1 Å². The molecule has 1 atom stereocenters. The van der Waals surface area contributed by atoms with Crippen LogP contribution in [0, 0.1) is 6.92 Å². The second kappa shape index (κ2) is 11.1. The Morgan fingerprint density at radius 3 is 2.41 bits per heavy atom. The topological polar surface area (TPSA) is 75.7 Å². The molecule has 2 aromatic carbocycles. The van der Waals surface area contributed by atoms with Crippen LogP contribution in [-0.4, -0.2) is 34.2 Å². The van der Waals surface area contributed by atoms with E-state index in [1.165, 1.54) is 4.31 Å². The molecular weight excluding hydrogens is 448 g/mol. The molecule has 0 unspecified atom stereocenters. The van der Waals surface area contributed by atoms with Crippen molar-refractivity contribution in [2.75, 3.05) is 24.2 Å². The fourth-order valence-corrected chi connectivity index (χ4v) is 4.84. The summed E-state index contributed by atoms with van der Waals surface area (Å²) >= 11 is 6.01. The van der Waals surface area contributed by atoms with Crippen molar-refractivity contribution in [3.8, 4) is 5.75 Å². The first-order chi connectivity index (χ1) is 14.9. The number of methoxy groups -OCH3 is 1. The maximum atomic E-state index is 12.6. The number of amides is 1. The minimum Gasteiger partial charge on any atom is -0.496 e. The molecule has 1 amide bonds. The minimum atomic E-state index is -3.49. The van der Waals surface area contributed by atoms with Crippen LogP contribution in [0.1, 0.15) is 62.3 Å². The van der Waals surface area contributed by atoms with Crippen molar-refractivity contribution in [2.45, 2.75) is 52.5 Å². The molecule has 0 heterocycles. The standard InChI is InChI=1S/C24H33ClN2O4S/c1-16(2)21-15-22(17(3)13-23(21)31-5)18(4)26-24(28)11-8-12-27(32(6,29)30)20-10-7-9-19(25)14-20/h7,9-10,13-16,18H,8,11-12H2,1-6H3,(H,26,28)/t18-/m0/s1. The van der Waals surface area contributed by atoms with Gasteiger partial charge in [-0.2, -0.15) is 0 Å². The van der Waals surface area contributed by atoms with Crippen LogP contribution in [0.4, 0.5) is 5.69 Å². The number of hydrogen-bond acceptors (Lipinski definition) is 4. The maximum Gasteiger partial charge on any atom is 0.232 e. The molecule has 0 aliphatic heterocycles. The Bertz CT molecular complexity index is 1050. The summed E-state index contributed by atoms with van der Waals surface area (Å²) < 4.78 is 31.2. The quantitative estimate of drug-likeness (QED) is 0.506. The number of ether oxygens (including phenoxy) is 1. The van der Waals surface area contributed by atoms with E-state index in [-0.39, 0.29) is 24.9 Å². The molecule has 0 saturated heterocycles. The first-order valence-electron chi connectivity index (χ1n) is 10.6. The summed E-state index contributed by atoms with van der Waals surface area (Å²) in [5, 5.41) is 3.49. The number of benzene rings is 2. The second-order valence-corrected chi connectivity index (χ2v) is 10.7. The Kier molecular flexibility index (Phi) is 8.98. The van der Waals surface area contributed by atoms with Crippen LogP contribution in [0.5, 0.6) is 5.75 Å². The average Bonchev–Trinajstić information content (AvgIpc) is 2.69. The van der Waals surface area contributed by atoms with Crippen LogP contribution in [0.15, 0.2) is 36.4 Å². The van der Waals surface area contributed by atoms with Gasteiger partial charge in [-0.15, -0.1) is 0 Å². The third kappa shape index (κ3) is 6.87. The molecule has 0 saturated carbocycles. The van der Waals surface area contributed by atoms with Crippen LogP contribution in [0.25, 0.3) is 0 Å². The highest BCUT2D eigenvalue weighted by atomic mass is 35.5. The van der Waals surface area contributed by atoms with E-state index < -0.39 is 10.0 Å². The number of halogens is 1. The van der Waals surface area contributed by atoms with E-state index in [2.05, 4.69) is 25.2 Å². The van der Waals surface area contributed by atoms with E-state index in [1.807, 2.05) is 19.9 Å². The summed E-state index contributed by atoms with van der Waals surface area (Å²) in [4.78, 5) is 12.6. The summed E-state index contributed by atoms with van der Waals surface area (Å²) in [6.45, 7) is 8.35. The molecule has 8 heteroatoms. The van der Waals surface area contributed by atoms with Gasteiger partial charge >= 0.3 is 0 Å². The molecule has 0 spiro atoms. The summed E-state index contributed by atoms with van der Waals surface area (Å²) in [6, 6.07) is 10.6. The molecule has 32 heavy (non-hydrogen) atoms. The first-order valence-corrected chi connectivity index (χ1v) is 12.9. The molecule has 0 bridgehead atoms. The molecule has 0 aromatic heterocycles. The van der Waals surface area contributed by atoms with Crippen LogP contribution in [0.3, 0.4) is 0 Å². The Balaban J connectivity index is 2.04. The summed E-state index contributed by atoms with van der Waals surface area (Å²) in [7, 11) is -1.83. The number of hydrogen-bond donors (Lipinski definition) is 1. The van der Waals surface area contributed by atoms with E-state index >= 15 is 0 Å². The molecular formula is C24H33ClN2O4S. The number of aryl methyl sites for hydroxylation is 1. The monoisotopic (exact) mass is 480 g/mol. The molecule has 2 aromatic rings. The third-order valence-corrected chi connectivity index (χ3v) is 6.78. The Morgan fingerprint density at radius 2 is 1.84 bits per heavy atom. The minimum absolute atomic E-state index is 0.127. The fraction of sp³-hybridized carbons (Fsp3) is 0.458. The SMILES string of the molecule is COc1cc(C)c([C@H](C)NC(=O)CCCN(c2cccc(Cl)c2)S(C)(=O)=O)cc1C(C)C. The Labute approximate surface area is 197 Å². The lowest BCUT2D eigenvalue weighted by molar-refractivity contribution is -0.121. The second-order valence-electron chi connectivity index (χ2n) is 8.31. The number of carbonyl (C=O) groups is 1. The van der Waals surface area contributed by atoms with E-state index in [9.17, 15) is 13.2 Å². The average molecular weight is 481 g/mol. The predicted molar refractivity (Wildman–Crippen MR) is 131 cm³/mol. The normalized spacial score (nSPS) is 12.5. The van der Waals surface area contributed by atoms with Crippen molar-refractivity contribution in [3.63, 3.8) is 0 Å². The van der Waals surface area contributed by atoms with Crippen molar-refractivity contribution in [3.05, 3.63) is 58.1 Å². The van der Waals surface area contributed by atoms with Gasteiger partial charge in [0.2, 0.25) is 15.9 Å². The van der Waals surface area contributed by atoms with Crippen molar-refractivity contribution in [1.82, 2.24) is 5.32 Å². The molecule has 6 nitrogen and oxygen atoms in total. The number of nitrogens with zero attached hydrogens (tertiary/aromatic N) is 1. The number of nitrogens with one attached hydrogen (secondary N) is 1. The van der Waals surface area contributed by atoms with Gasteiger partial charge in [-0.1, -0.05) is 31.5 Å². The number of carbonyl (C=O) groups excluding carboxylic acids is 1. The fourth-order valence-electron chi connectivity index (χ4n) is 3.70. The Morgan fingerprint density at radius 1 is 1.16 bits per heavy atom. The summed E-state index contributed by atoms with van der Waals surface area (Å²) in [5.74, 6) is 1.01. The van der Waals surface area contributed by atoms with Crippen LogP contribution in [-0.2, 0) is 14.8 Å². The zero-order valence-electron chi connectivity index (χ0n) is 19.6. The van der Waals surface area contributed by atoms with Gasteiger partial charge in [-0.05, 0) is 73.2 Å². The van der Waals surface area contributed by atoms with Gasteiger partial charge in [0.1, 0.15) is 5.75 Å². The van der Waals surface area contributed by atoms with Gasteiger partial charge in [-0.3, -0.25) is 9.10 Å². The van der Waals surface area contributed by atoms with Gasteiger partial charge in [0, 0.05) is 18.0 Å². The van der Waals surface area contributed by atoms with E-state index in [0.29, 0.717) is 23.0 Å². The highest BCUT2D eigenvalue weighted by Crippen LogP contribution is 2.32. The largest absolute Gasteiger partial charge is 0.496 e. The molecule has 0 aliphatic rings. The number of rotatable bonds is 10. The van der Waals surface area contributed by atoms with E-state index in [4.69, 9.17) is 16.3 Å². The molecule has 0 fully saturated rings. The third-order valence-electron chi connectivity index (χ3n) is 5.35. The smallest absolute Gasteiger partial charge is 0.232 e. The van der Waals surface area contributed by atoms with Gasteiger partial charge < -0.3 is 10.1 Å². The summed E-state index contributed by atoms with van der Waals surface area (Å²) in [6.07, 6.45) is 1.74. The first kappa shape index (κ1) is 26.0. The number of anilines is 1. The van der Waals surface area contributed by atoms with Crippen molar-refractivity contribution < 1.29 is 17.9 Å². The molecule has 0 radical (unpaired) electrons. The molecule has 176 valence electrons. The van der Waals surface area contributed by atoms with Gasteiger partial charge in [-0.25, -0.2) is 8.42 Å². The lowest BCUT2D eigenvalue weighted by Gasteiger charge is -2.23. The lowest BCUT2D eigenvalue weighted by atomic mass is 9.93. The van der Waals surface area contributed by atoms with E-state index in [1.54, 1.807) is 31.4 Å². The zero-order chi connectivity index (χ0) is 24.1. The van der Waals surface area contributed by atoms with Gasteiger partial charge in [0.25, 0.3) is 0 Å². The molecule has 2 rings (SSSR count). The van der Waals surface area contributed by atoms with Gasteiger partial charge in [0.15, 0.2) is 0 Å². The van der Waals surface area contributed by atoms with Crippen LogP contribution < -0.4 is 14.4 Å². The summed E-state index contributed by atoms with van der Waals surface area (Å²) in [5.41, 5.74) is 3.67. The highest BCUT2D eigenvalue weighted by molar-refractivity contribution is 7.92. The highest BCUT2D eigenvalue weighted by Gasteiger charge is 2.19. The zero-order valence-corrected chi connectivity index (χ0v) is 21.2. The van der Waals surface area contributed by atoms with Crippen LogP contribution in [0.2, 0.25) is 5.02 Å². The lowest BCUT2D eigenvalue weighted by Crippen LogP contribution is -2.32. The van der Waals surface area contributed by atoms with Crippen molar-refractivity contribution in [1.29, 1.82) is 0 Å². The Hall–Kier alpha value is -2.25. The van der Waals surface area contributed by atoms with Crippen LogP contribution >= 0.6 is 11.6 Å². The van der Waals surface area contributed by atoms with E-state index in [0.717, 1.165) is 28.7 Å².